The Morgan fingerprint density at radius 2 is 1.58 bits per heavy atom. The Balaban J connectivity index is 1.56. The molecule has 2 aromatic rings. The minimum absolute atomic E-state index is 0.00278. The van der Waals surface area contributed by atoms with Gasteiger partial charge in [0.25, 0.3) is 0 Å². The second-order valence-corrected chi connectivity index (χ2v) is 11.4. The first-order valence-corrected chi connectivity index (χ1v) is 13.3. The quantitative estimate of drug-likeness (QED) is 0.239. The van der Waals surface area contributed by atoms with Crippen LogP contribution in [-0.4, -0.2) is 56.2 Å². The maximum absolute atomic E-state index is 13.5. The minimum atomic E-state index is -1.83. The van der Waals surface area contributed by atoms with E-state index < -0.39 is 28.4 Å². The Kier molecular flexibility index (Phi) is 10.2. The number of carbonyl (C=O) groups is 2. The third-order valence-corrected chi connectivity index (χ3v) is 7.21. The van der Waals surface area contributed by atoms with Gasteiger partial charge in [0.15, 0.2) is 5.60 Å². The summed E-state index contributed by atoms with van der Waals surface area (Å²) in [4.78, 5) is 25.7. The summed E-state index contributed by atoms with van der Waals surface area (Å²) in [5, 5.41) is 10.9. The molecule has 0 radical (unpaired) electrons. The summed E-state index contributed by atoms with van der Waals surface area (Å²) >= 11 is 0. The topological polar surface area (TPSA) is 91.3 Å². The van der Waals surface area contributed by atoms with E-state index in [9.17, 15) is 14.7 Å². The zero-order valence-electron chi connectivity index (χ0n) is 23.3. The van der Waals surface area contributed by atoms with Gasteiger partial charge in [0.2, 0.25) is 0 Å². The molecule has 8 heteroatoms. The fraction of sp³-hybridized carbons (Fsp3) is 0.533. The van der Waals surface area contributed by atoms with Gasteiger partial charge >= 0.3 is 19.1 Å². The minimum Gasteiger partial charge on any atom is -0.467 e. The smallest absolute Gasteiger partial charge is 0.467 e. The highest BCUT2D eigenvalue weighted by molar-refractivity contribution is 6.61. The summed E-state index contributed by atoms with van der Waals surface area (Å²) in [6.45, 7) is 8.02. The molecule has 0 bridgehead atoms. The molecule has 1 heterocycles. The van der Waals surface area contributed by atoms with Gasteiger partial charge in [-0.05, 0) is 56.0 Å². The fourth-order valence-electron chi connectivity index (χ4n) is 5.42. The van der Waals surface area contributed by atoms with Gasteiger partial charge in [0.1, 0.15) is 0 Å². The van der Waals surface area contributed by atoms with Gasteiger partial charge in [-0.2, -0.15) is 0 Å². The zero-order chi connectivity index (χ0) is 27.8. The third-order valence-electron chi connectivity index (χ3n) is 7.21. The van der Waals surface area contributed by atoms with Crippen LogP contribution >= 0.6 is 0 Å². The molecule has 0 aliphatic carbocycles. The summed E-state index contributed by atoms with van der Waals surface area (Å²) in [7, 11) is 0.886. The molecular formula is C30H41BO7. The number of hydrogen-bond donors (Lipinski definition) is 1. The van der Waals surface area contributed by atoms with Crippen LogP contribution in [0.5, 0.6) is 0 Å². The number of methoxy groups -OCH3 is 1. The van der Waals surface area contributed by atoms with Gasteiger partial charge in [0, 0.05) is 6.42 Å². The van der Waals surface area contributed by atoms with E-state index in [1.807, 2.05) is 74.5 Å². The lowest BCUT2D eigenvalue weighted by atomic mass is 9.66. The van der Waals surface area contributed by atoms with E-state index in [1.54, 1.807) is 6.92 Å². The average Bonchev–Trinajstić information content (AvgIpc) is 3.37. The maximum Gasteiger partial charge on any atom is 0.494 e. The van der Waals surface area contributed by atoms with Gasteiger partial charge in [-0.1, -0.05) is 74.5 Å². The summed E-state index contributed by atoms with van der Waals surface area (Å²) in [5.41, 5.74) is -1.29. The highest BCUT2D eigenvalue weighted by Crippen LogP contribution is 2.42. The van der Waals surface area contributed by atoms with E-state index >= 15 is 0 Å². The summed E-state index contributed by atoms with van der Waals surface area (Å²) < 4.78 is 22.3. The number of aliphatic hydroxyl groups is 1. The molecule has 0 saturated carbocycles. The molecule has 7 nitrogen and oxygen atoms in total. The Labute approximate surface area is 227 Å². The lowest BCUT2D eigenvalue weighted by molar-refractivity contribution is -0.171. The van der Waals surface area contributed by atoms with E-state index in [1.165, 1.54) is 14.0 Å². The number of unbranched alkanes of at least 4 members (excludes halogenated alkanes) is 1. The normalized spacial score (nSPS) is 18.9. The van der Waals surface area contributed by atoms with Crippen molar-refractivity contribution in [2.45, 2.75) is 76.9 Å². The molecule has 38 heavy (non-hydrogen) atoms. The monoisotopic (exact) mass is 524 g/mol. The van der Waals surface area contributed by atoms with Gasteiger partial charge < -0.3 is 23.9 Å². The first kappa shape index (κ1) is 29.9. The highest BCUT2D eigenvalue weighted by atomic mass is 16.6. The molecule has 0 spiro atoms. The van der Waals surface area contributed by atoms with Crippen molar-refractivity contribution in [3.8, 4) is 0 Å². The van der Waals surface area contributed by atoms with Gasteiger partial charge in [0.05, 0.1) is 31.8 Å². The van der Waals surface area contributed by atoms with Crippen molar-refractivity contribution in [2.75, 3.05) is 20.3 Å². The predicted molar refractivity (Wildman–Crippen MR) is 147 cm³/mol. The van der Waals surface area contributed by atoms with Crippen LogP contribution in [0.25, 0.3) is 0 Å². The van der Waals surface area contributed by atoms with Crippen molar-refractivity contribution in [2.24, 2.45) is 5.41 Å². The first-order valence-electron chi connectivity index (χ1n) is 13.3. The molecule has 3 rings (SSSR count). The molecule has 3 unspecified atom stereocenters. The van der Waals surface area contributed by atoms with E-state index in [4.69, 9.17) is 18.8 Å². The standard InChI is InChI=1S/C30H41BO7/c1-28(2,23-14-8-6-9-15-23)21-29(3,22-30(4,34)27(33)35-5)26(32)36-19-13-12-18-25-20-37-31(38-25)24-16-10-7-11-17-24/h6-11,14-17,25,34H,12-13,18-22H2,1-5H3. The molecule has 1 aliphatic rings. The number of ether oxygens (including phenoxy) is 2. The maximum atomic E-state index is 13.5. The van der Waals surface area contributed by atoms with Crippen LogP contribution in [0, 0.1) is 5.41 Å². The summed E-state index contributed by atoms with van der Waals surface area (Å²) in [6, 6.07) is 19.7. The Hall–Kier alpha value is -2.68. The molecule has 0 amide bonds. The Morgan fingerprint density at radius 1 is 0.947 bits per heavy atom. The number of carbonyl (C=O) groups excluding carboxylic acids is 2. The zero-order valence-corrected chi connectivity index (χ0v) is 23.3. The second-order valence-electron chi connectivity index (χ2n) is 11.4. The molecule has 1 N–H and O–H groups in total. The van der Waals surface area contributed by atoms with Crippen molar-refractivity contribution < 1.29 is 33.5 Å². The van der Waals surface area contributed by atoms with E-state index in [2.05, 4.69) is 0 Å². The number of benzene rings is 2. The van der Waals surface area contributed by atoms with Crippen LogP contribution in [-0.2, 0) is 33.8 Å². The number of esters is 2. The van der Waals surface area contributed by atoms with Crippen molar-refractivity contribution in [1.82, 2.24) is 0 Å². The molecule has 2 aromatic carbocycles. The Morgan fingerprint density at radius 3 is 2.21 bits per heavy atom. The van der Waals surface area contributed by atoms with E-state index in [-0.39, 0.29) is 26.3 Å². The highest BCUT2D eigenvalue weighted by Gasteiger charge is 2.48. The van der Waals surface area contributed by atoms with Crippen LogP contribution in [0.2, 0.25) is 0 Å². The molecule has 1 aliphatic heterocycles. The fourth-order valence-corrected chi connectivity index (χ4v) is 5.42. The first-order chi connectivity index (χ1) is 18.0. The second kappa shape index (κ2) is 12.9. The number of rotatable bonds is 13. The van der Waals surface area contributed by atoms with Crippen molar-refractivity contribution in [1.29, 1.82) is 0 Å². The van der Waals surface area contributed by atoms with Crippen LogP contribution < -0.4 is 5.46 Å². The lowest BCUT2D eigenvalue weighted by Crippen LogP contribution is -2.47. The Bertz CT molecular complexity index is 1040. The van der Waals surface area contributed by atoms with Crippen LogP contribution in [0.3, 0.4) is 0 Å². The van der Waals surface area contributed by atoms with Crippen molar-refractivity contribution in [3.05, 3.63) is 66.2 Å². The van der Waals surface area contributed by atoms with E-state index in [0.717, 1.165) is 23.9 Å². The number of hydrogen-bond acceptors (Lipinski definition) is 7. The van der Waals surface area contributed by atoms with Gasteiger partial charge in [-0.25, -0.2) is 4.79 Å². The van der Waals surface area contributed by atoms with Crippen LogP contribution in [0.15, 0.2) is 60.7 Å². The molecule has 3 atom stereocenters. The summed E-state index contributed by atoms with van der Waals surface area (Å²) in [6.07, 6.45) is 2.56. The van der Waals surface area contributed by atoms with Crippen LogP contribution in [0.4, 0.5) is 0 Å². The third kappa shape index (κ3) is 7.92. The summed E-state index contributed by atoms with van der Waals surface area (Å²) in [5.74, 6) is -1.21. The molecule has 1 saturated heterocycles. The van der Waals surface area contributed by atoms with Gasteiger partial charge in [-0.15, -0.1) is 0 Å². The molecule has 0 aromatic heterocycles. The van der Waals surface area contributed by atoms with Crippen molar-refractivity contribution >= 4 is 24.5 Å². The molecule has 206 valence electrons. The van der Waals surface area contributed by atoms with Gasteiger partial charge in [-0.3, -0.25) is 4.79 Å². The molecular weight excluding hydrogens is 483 g/mol. The largest absolute Gasteiger partial charge is 0.494 e. The van der Waals surface area contributed by atoms with E-state index in [0.29, 0.717) is 19.4 Å². The van der Waals surface area contributed by atoms with Crippen LogP contribution in [0.1, 0.15) is 65.4 Å². The molecule has 1 fully saturated rings. The average molecular weight is 524 g/mol. The van der Waals surface area contributed by atoms with Crippen molar-refractivity contribution in [3.63, 3.8) is 0 Å². The lowest BCUT2D eigenvalue weighted by Gasteiger charge is -2.39. The predicted octanol–water partition coefficient (Wildman–Crippen LogP) is 4.20. The SMILES string of the molecule is COC(=O)C(C)(O)CC(C)(CC(C)(C)c1ccccc1)C(=O)OCCCCC1COB(c2ccccc2)O1.